The lowest BCUT2D eigenvalue weighted by molar-refractivity contribution is -0.116. The Hall–Kier alpha value is -2.03. The van der Waals surface area contributed by atoms with E-state index in [4.69, 9.17) is 5.14 Å². The molecule has 1 amide bonds. The molecular formula is C17H20N2O4S2. The van der Waals surface area contributed by atoms with Crippen molar-refractivity contribution in [3.05, 3.63) is 45.1 Å². The molecule has 0 unspecified atom stereocenters. The van der Waals surface area contributed by atoms with Gasteiger partial charge in [0.2, 0.25) is 15.9 Å². The Balaban J connectivity index is 2.01. The lowest BCUT2D eigenvalue weighted by Crippen LogP contribution is -2.16. The van der Waals surface area contributed by atoms with Crippen molar-refractivity contribution in [3.8, 4) is 0 Å². The Labute approximate surface area is 151 Å². The van der Waals surface area contributed by atoms with Crippen molar-refractivity contribution < 1.29 is 18.0 Å². The van der Waals surface area contributed by atoms with Gasteiger partial charge in [-0.1, -0.05) is 6.07 Å². The number of nitrogens with one attached hydrogen (secondary N) is 1. The summed E-state index contributed by atoms with van der Waals surface area (Å²) in [4.78, 5) is 26.2. The van der Waals surface area contributed by atoms with Gasteiger partial charge in [-0.2, -0.15) is 0 Å². The Morgan fingerprint density at radius 3 is 2.36 bits per heavy atom. The van der Waals surface area contributed by atoms with Crippen molar-refractivity contribution in [3.63, 3.8) is 0 Å². The summed E-state index contributed by atoms with van der Waals surface area (Å²) in [6, 6.07) is 6.31. The van der Waals surface area contributed by atoms with Gasteiger partial charge in [0.25, 0.3) is 0 Å². The second kappa shape index (κ2) is 7.47. The minimum Gasteiger partial charge on any atom is -0.326 e. The van der Waals surface area contributed by atoms with Crippen molar-refractivity contribution in [1.82, 2.24) is 0 Å². The van der Waals surface area contributed by atoms with Crippen molar-refractivity contribution in [2.75, 3.05) is 5.32 Å². The van der Waals surface area contributed by atoms with E-state index >= 15 is 0 Å². The maximum atomic E-state index is 12.2. The van der Waals surface area contributed by atoms with Gasteiger partial charge < -0.3 is 5.32 Å². The predicted molar refractivity (Wildman–Crippen MR) is 98.5 cm³/mol. The van der Waals surface area contributed by atoms with Gasteiger partial charge in [0.05, 0.1) is 4.90 Å². The number of nitrogens with two attached hydrogens (primary N) is 1. The first-order valence-corrected chi connectivity index (χ1v) is 9.97. The highest BCUT2D eigenvalue weighted by molar-refractivity contribution is 7.89. The number of sulfonamides is 1. The van der Waals surface area contributed by atoms with Crippen LogP contribution in [-0.2, 0) is 14.8 Å². The molecule has 3 N–H and O–H groups in total. The molecule has 0 atom stereocenters. The van der Waals surface area contributed by atoms with E-state index in [2.05, 4.69) is 5.32 Å². The van der Waals surface area contributed by atoms with Gasteiger partial charge in [-0.15, -0.1) is 11.3 Å². The molecule has 2 aromatic rings. The molecule has 134 valence electrons. The van der Waals surface area contributed by atoms with E-state index in [-0.39, 0.29) is 29.4 Å². The molecule has 0 spiro atoms. The summed E-state index contributed by atoms with van der Waals surface area (Å²) < 4.78 is 23.0. The fraction of sp³-hybridized carbons (Fsp3) is 0.294. The standard InChI is InChI=1S/C17H20N2O4S2/c1-10-4-5-13(9-16(10)25(18,22)23)19-17(21)7-6-15(20)14-8-11(2)24-12(14)3/h4-5,8-9H,6-7H2,1-3H3,(H,19,21)(H2,18,22,23). The lowest BCUT2D eigenvalue weighted by atomic mass is 10.1. The molecule has 0 aliphatic heterocycles. The Kier molecular flexibility index (Phi) is 5.76. The number of amides is 1. The second-order valence-electron chi connectivity index (χ2n) is 5.82. The molecule has 6 nitrogen and oxygen atoms in total. The van der Waals surface area contributed by atoms with E-state index in [1.54, 1.807) is 30.4 Å². The number of hydrogen-bond donors (Lipinski definition) is 2. The van der Waals surface area contributed by atoms with Crippen LogP contribution in [0, 0.1) is 20.8 Å². The monoisotopic (exact) mass is 380 g/mol. The molecule has 0 radical (unpaired) electrons. The van der Waals surface area contributed by atoms with Crippen LogP contribution in [0.2, 0.25) is 0 Å². The third-order valence-corrected chi connectivity index (χ3v) is 5.72. The molecule has 0 saturated carbocycles. The molecule has 25 heavy (non-hydrogen) atoms. The second-order valence-corrected chi connectivity index (χ2v) is 8.81. The number of carbonyl (C=O) groups excluding carboxylic acids is 2. The smallest absolute Gasteiger partial charge is 0.238 e. The third-order valence-electron chi connectivity index (χ3n) is 3.70. The number of primary sulfonamides is 1. The minimum atomic E-state index is -3.86. The molecule has 0 fully saturated rings. The number of carbonyl (C=O) groups is 2. The van der Waals surface area contributed by atoms with Crippen LogP contribution >= 0.6 is 11.3 Å². The number of hydrogen-bond acceptors (Lipinski definition) is 5. The summed E-state index contributed by atoms with van der Waals surface area (Å²) in [5, 5.41) is 7.75. The van der Waals surface area contributed by atoms with Gasteiger partial charge in [-0.25, -0.2) is 13.6 Å². The highest BCUT2D eigenvalue weighted by Crippen LogP contribution is 2.23. The highest BCUT2D eigenvalue weighted by Gasteiger charge is 2.15. The van der Waals surface area contributed by atoms with Gasteiger partial charge in [-0.3, -0.25) is 9.59 Å². The van der Waals surface area contributed by atoms with E-state index in [0.717, 1.165) is 9.75 Å². The number of thiophene rings is 1. The maximum absolute atomic E-state index is 12.2. The number of ketones is 1. The average molecular weight is 380 g/mol. The first-order valence-electron chi connectivity index (χ1n) is 7.61. The van der Waals surface area contributed by atoms with E-state index in [9.17, 15) is 18.0 Å². The van der Waals surface area contributed by atoms with E-state index in [0.29, 0.717) is 16.8 Å². The zero-order valence-corrected chi connectivity index (χ0v) is 15.9. The van der Waals surface area contributed by atoms with Crippen LogP contribution in [0.1, 0.15) is 38.5 Å². The van der Waals surface area contributed by atoms with Gasteiger partial charge in [0.1, 0.15) is 0 Å². The molecule has 0 aliphatic carbocycles. The summed E-state index contributed by atoms with van der Waals surface area (Å²) in [5.41, 5.74) is 1.48. The highest BCUT2D eigenvalue weighted by atomic mass is 32.2. The van der Waals surface area contributed by atoms with Crippen LogP contribution in [0.15, 0.2) is 29.2 Å². The van der Waals surface area contributed by atoms with Gasteiger partial charge in [0.15, 0.2) is 5.78 Å². The number of Topliss-reactive ketones (excluding diaryl/α,β-unsaturated/α-hetero) is 1. The predicted octanol–water partition coefficient (Wildman–Crippen LogP) is 2.92. The molecule has 1 aromatic heterocycles. The van der Waals surface area contributed by atoms with E-state index < -0.39 is 10.0 Å². The normalized spacial score (nSPS) is 11.4. The zero-order chi connectivity index (χ0) is 18.8. The van der Waals surface area contributed by atoms with E-state index in [1.807, 2.05) is 19.9 Å². The third kappa shape index (κ3) is 4.97. The molecule has 1 heterocycles. The van der Waals surface area contributed by atoms with Crippen LogP contribution in [0.25, 0.3) is 0 Å². The summed E-state index contributed by atoms with van der Waals surface area (Å²) >= 11 is 1.55. The molecule has 0 bridgehead atoms. The van der Waals surface area contributed by atoms with Crippen LogP contribution in [0.5, 0.6) is 0 Å². The van der Waals surface area contributed by atoms with Gasteiger partial charge in [-0.05, 0) is 44.5 Å². The Morgan fingerprint density at radius 2 is 1.80 bits per heavy atom. The van der Waals surface area contributed by atoms with Crippen LogP contribution in [-0.4, -0.2) is 20.1 Å². The zero-order valence-electron chi connectivity index (χ0n) is 14.3. The summed E-state index contributed by atoms with van der Waals surface area (Å²) in [6.07, 6.45) is 0.114. The van der Waals surface area contributed by atoms with E-state index in [1.165, 1.54) is 6.07 Å². The Bertz CT molecular complexity index is 930. The number of rotatable bonds is 6. The fourth-order valence-electron chi connectivity index (χ4n) is 2.48. The SMILES string of the molecule is Cc1cc(C(=O)CCC(=O)Nc2ccc(C)c(S(N)(=O)=O)c2)c(C)s1. The number of benzene rings is 1. The first-order chi connectivity index (χ1) is 11.6. The summed E-state index contributed by atoms with van der Waals surface area (Å²) in [6.45, 7) is 5.43. The van der Waals surface area contributed by atoms with Crippen molar-refractivity contribution >= 4 is 38.7 Å². The van der Waals surface area contributed by atoms with Gasteiger partial charge in [0, 0.05) is 33.8 Å². The van der Waals surface area contributed by atoms with Crippen molar-refractivity contribution in [1.29, 1.82) is 0 Å². The quantitative estimate of drug-likeness (QED) is 0.751. The Morgan fingerprint density at radius 1 is 1.12 bits per heavy atom. The first kappa shape index (κ1) is 19.3. The molecule has 0 aliphatic rings. The van der Waals surface area contributed by atoms with Crippen molar-refractivity contribution in [2.45, 2.75) is 38.5 Å². The maximum Gasteiger partial charge on any atom is 0.238 e. The average Bonchev–Trinajstić information content (AvgIpc) is 2.84. The van der Waals surface area contributed by atoms with Gasteiger partial charge >= 0.3 is 0 Å². The lowest BCUT2D eigenvalue weighted by Gasteiger charge is -2.09. The summed E-state index contributed by atoms with van der Waals surface area (Å²) in [5.74, 6) is -0.437. The largest absolute Gasteiger partial charge is 0.326 e. The van der Waals surface area contributed by atoms with Crippen LogP contribution in [0.3, 0.4) is 0 Å². The molecule has 0 saturated heterocycles. The number of aryl methyl sites for hydroxylation is 3. The van der Waals surface area contributed by atoms with Crippen LogP contribution < -0.4 is 10.5 Å². The molecular weight excluding hydrogens is 360 g/mol. The van der Waals surface area contributed by atoms with Crippen LogP contribution in [0.4, 0.5) is 5.69 Å². The minimum absolute atomic E-state index is 0.0196. The molecule has 1 aromatic carbocycles. The van der Waals surface area contributed by atoms with Crippen molar-refractivity contribution in [2.24, 2.45) is 5.14 Å². The number of anilines is 1. The summed E-state index contributed by atoms with van der Waals surface area (Å²) in [7, 11) is -3.86. The molecule has 2 rings (SSSR count). The fourth-order valence-corrected chi connectivity index (χ4v) is 4.23. The topological polar surface area (TPSA) is 106 Å². The molecule has 8 heteroatoms.